The molecule has 3 heterocycles. The Hall–Kier alpha value is -2.04. The van der Waals surface area contributed by atoms with Gasteiger partial charge in [-0.2, -0.15) is 4.98 Å². The average molecular weight is 450 g/mol. The summed E-state index contributed by atoms with van der Waals surface area (Å²) < 4.78 is 10.8. The number of carbonyl (C=O) groups excluding carboxylic acids is 2. The summed E-state index contributed by atoms with van der Waals surface area (Å²) in [4.78, 5) is 33.0. The van der Waals surface area contributed by atoms with E-state index in [1.165, 1.54) is 32.1 Å². The highest BCUT2D eigenvalue weighted by Gasteiger charge is 2.37. The fourth-order valence-corrected chi connectivity index (χ4v) is 5.14. The maximum Gasteiger partial charge on any atom is 0.295 e. The van der Waals surface area contributed by atoms with Gasteiger partial charge in [0.15, 0.2) is 0 Å². The van der Waals surface area contributed by atoms with E-state index in [-0.39, 0.29) is 24.1 Å². The van der Waals surface area contributed by atoms with Crippen molar-refractivity contribution in [1.82, 2.24) is 25.4 Å². The Bertz CT molecular complexity index is 754. The highest BCUT2D eigenvalue weighted by molar-refractivity contribution is 5.91. The molecule has 2 saturated heterocycles. The van der Waals surface area contributed by atoms with Gasteiger partial charge in [0, 0.05) is 44.6 Å². The number of ether oxygens (including phenoxy) is 1. The SMILES string of the molecule is O=C(C[C@@H](CCCC1CCCCC1)c1nc(C(=O)N2CC(N3CCOCC3)C2)no1)NO. The summed E-state index contributed by atoms with van der Waals surface area (Å²) in [5, 5.41) is 12.9. The molecule has 10 heteroatoms. The van der Waals surface area contributed by atoms with E-state index >= 15 is 0 Å². The van der Waals surface area contributed by atoms with Crippen LogP contribution in [0.2, 0.25) is 0 Å². The summed E-state index contributed by atoms with van der Waals surface area (Å²) in [7, 11) is 0. The predicted molar refractivity (Wildman–Crippen MR) is 114 cm³/mol. The summed E-state index contributed by atoms with van der Waals surface area (Å²) in [5.41, 5.74) is 1.69. The summed E-state index contributed by atoms with van der Waals surface area (Å²) in [5.74, 6) is 0.0545. The molecule has 10 nitrogen and oxygen atoms in total. The zero-order valence-electron chi connectivity index (χ0n) is 18.7. The van der Waals surface area contributed by atoms with E-state index in [1.54, 1.807) is 10.4 Å². The number of carbonyl (C=O) groups is 2. The molecule has 32 heavy (non-hydrogen) atoms. The van der Waals surface area contributed by atoms with Crippen molar-refractivity contribution in [1.29, 1.82) is 0 Å². The lowest BCUT2D eigenvalue weighted by atomic mass is 9.84. The van der Waals surface area contributed by atoms with Gasteiger partial charge in [-0.3, -0.25) is 19.7 Å². The van der Waals surface area contributed by atoms with Crippen molar-refractivity contribution >= 4 is 11.8 Å². The second kappa shape index (κ2) is 11.2. The van der Waals surface area contributed by atoms with Crippen LogP contribution in [0.3, 0.4) is 0 Å². The van der Waals surface area contributed by atoms with Gasteiger partial charge in [-0.25, -0.2) is 5.48 Å². The van der Waals surface area contributed by atoms with Crippen LogP contribution in [-0.2, 0) is 9.53 Å². The Labute approximate surface area is 188 Å². The molecule has 4 rings (SSSR count). The number of nitrogens with one attached hydrogen (secondary N) is 1. The molecular weight excluding hydrogens is 414 g/mol. The fourth-order valence-electron chi connectivity index (χ4n) is 5.14. The summed E-state index contributed by atoms with van der Waals surface area (Å²) in [6.07, 6.45) is 9.34. The first kappa shape index (κ1) is 23.1. The third kappa shape index (κ3) is 5.85. The quantitative estimate of drug-likeness (QED) is 0.433. The molecule has 2 amide bonds. The molecule has 1 aromatic rings. The largest absolute Gasteiger partial charge is 0.379 e. The number of hydroxylamine groups is 1. The Morgan fingerprint density at radius 1 is 1.16 bits per heavy atom. The summed E-state index contributed by atoms with van der Waals surface area (Å²) in [6, 6.07) is 0.356. The highest BCUT2D eigenvalue weighted by Crippen LogP contribution is 2.31. The summed E-state index contributed by atoms with van der Waals surface area (Å²) >= 11 is 0. The highest BCUT2D eigenvalue weighted by atomic mass is 16.5. The van der Waals surface area contributed by atoms with E-state index in [0.717, 1.165) is 45.1 Å². The van der Waals surface area contributed by atoms with Gasteiger partial charge in [0.05, 0.1) is 13.2 Å². The number of likely N-dealkylation sites (tertiary alicyclic amines) is 1. The third-order valence-electron chi connectivity index (χ3n) is 7.14. The lowest BCUT2D eigenvalue weighted by Crippen LogP contribution is -2.62. The molecule has 0 radical (unpaired) electrons. The monoisotopic (exact) mass is 449 g/mol. The van der Waals surface area contributed by atoms with Gasteiger partial charge in [0.25, 0.3) is 11.7 Å². The fraction of sp³-hybridized carbons (Fsp3) is 0.818. The molecule has 1 saturated carbocycles. The van der Waals surface area contributed by atoms with E-state index in [4.69, 9.17) is 14.5 Å². The molecule has 0 spiro atoms. The predicted octanol–water partition coefficient (Wildman–Crippen LogP) is 1.96. The number of amides is 2. The molecule has 2 aliphatic heterocycles. The van der Waals surface area contributed by atoms with Gasteiger partial charge >= 0.3 is 0 Å². The van der Waals surface area contributed by atoms with Crippen LogP contribution < -0.4 is 5.48 Å². The minimum Gasteiger partial charge on any atom is -0.379 e. The van der Waals surface area contributed by atoms with Gasteiger partial charge in [0.1, 0.15) is 0 Å². The molecule has 3 aliphatic rings. The van der Waals surface area contributed by atoms with Crippen LogP contribution in [0.25, 0.3) is 0 Å². The Kier molecular flexibility index (Phi) is 8.10. The van der Waals surface area contributed by atoms with Crippen molar-refractivity contribution in [3.8, 4) is 0 Å². The van der Waals surface area contributed by atoms with Crippen molar-refractivity contribution in [2.75, 3.05) is 39.4 Å². The van der Waals surface area contributed by atoms with Gasteiger partial charge < -0.3 is 14.2 Å². The first-order valence-corrected chi connectivity index (χ1v) is 12.0. The molecule has 178 valence electrons. The number of nitrogens with zero attached hydrogens (tertiary/aromatic N) is 4. The van der Waals surface area contributed by atoms with Crippen LogP contribution in [0.15, 0.2) is 4.52 Å². The first-order chi connectivity index (χ1) is 15.6. The second-order valence-electron chi connectivity index (χ2n) is 9.34. The number of hydrogen-bond donors (Lipinski definition) is 2. The molecule has 0 bridgehead atoms. The minimum absolute atomic E-state index is 0.0436. The molecule has 2 N–H and O–H groups in total. The molecule has 0 unspecified atom stereocenters. The molecule has 1 atom stereocenters. The maximum absolute atomic E-state index is 12.8. The zero-order valence-corrected chi connectivity index (χ0v) is 18.7. The van der Waals surface area contributed by atoms with Crippen molar-refractivity contribution in [2.45, 2.75) is 69.7 Å². The number of rotatable bonds is 9. The molecule has 3 fully saturated rings. The van der Waals surface area contributed by atoms with Crippen molar-refractivity contribution in [3.05, 3.63) is 11.7 Å². The van der Waals surface area contributed by atoms with Crippen LogP contribution >= 0.6 is 0 Å². The smallest absolute Gasteiger partial charge is 0.295 e. The lowest BCUT2D eigenvalue weighted by molar-refractivity contribution is -0.129. The van der Waals surface area contributed by atoms with Gasteiger partial charge in [-0.05, 0) is 12.3 Å². The van der Waals surface area contributed by atoms with E-state index in [2.05, 4.69) is 15.0 Å². The average Bonchev–Trinajstić information content (AvgIpc) is 3.29. The van der Waals surface area contributed by atoms with Crippen molar-refractivity contribution in [3.63, 3.8) is 0 Å². The first-order valence-electron chi connectivity index (χ1n) is 12.0. The Balaban J connectivity index is 1.30. The summed E-state index contributed by atoms with van der Waals surface area (Å²) in [6.45, 7) is 4.58. The Morgan fingerprint density at radius 3 is 2.62 bits per heavy atom. The number of morpholine rings is 1. The van der Waals surface area contributed by atoms with E-state index < -0.39 is 5.91 Å². The lowest BCUT2D eigenvalue weighted by Gasteiger charge is -2.46. The van der Waals surface area contributed by atoms with Gasteiger partial charge in [-0.1, -0.05) is 50.1 Å². The van der Waals surface area contributed by atoms with Crippen LogP contribution in [0.4, 0.5) is 0 Å². The normalized spacial score (nSPS) is 21.8. The Morgan fingerprint density at radius 2 is 1.91 bits per heavy atom. The van der Waals surface area contributed by atoms with Crippen molar-refractivity contribution < 1.29 is 24.1 Å². The van der Waals surface area contributed by atoms with Gasteiger partial charge in [0.2, 0.25) is 11.8 Å². The standard InChI is InChI=1S/C22H35N5O5/c28-19(24-30)13-17(8-4-7-16-5-2-1-3-6-16)21-23-20(25-32-21)22(29)27-14-18(15-27)26-9-11-31-12-10-26/h16-18,30H,1-15H2,(H,24,28)/t17-/m1/s1. The van der Waals surface area contributed by atoms with Crippen molar-refractivity contribution in [2.24, 2.45) is 5.92 Å². The molecule has 0 aromatic carbocycles. The topological polar surface area (TPSA) is 121 Å². The van der Waals surface area contributed by atoms with Crippen LogP contribution in [0.5, 0.6) is 0 Å². The van der Waals surface area contributed by atoms with Crippen LogP contribution in [0.1, 0.15) is 80.2 Å². The number of aromatic nitrogens is 2. The molecular formula is C22H35N5O5. The minimum atomic E-state index is -0.491. The molecule has 1 aromatic heterocycles. The van der Waals surface area contributed by atoms with Crippen LogP contribution in [-0.4, -0.2) is 82.4 Å². The van der Waals surface area contributed by atoms with E-state index in [1.807, 2.05) is 0 Å². The maximum atomic E-state index is 12.8. The van der Waals surface area contributed by atoms with E-state index in [0.29, 0.717) is 31.4 Å². The zero-order chi connectivity index (χ0) is 22.3. The third-order valence-corrected chi connectivity index (χ3v) is 7.14. The van der Waals surface area contributed by atoms with E-state index in [9.17, 15) is 9.59 Å². The second-order valence-corrected chi connectivity index (χ2v) is 9.34. The van der Waals surface area contributed by atoms with Gasteiger partial charge in [-0.15, -0.1) is 0 Å². The van der Waals surface area contributed by atoms with Crippen LogP contribution in [0, 0.1) is 5.92 Å². The molecule has 1 aliphatic carbocycles. The number of hydrogen-bond acceptors (Lipinski definition) is 8.